The molecule has 1 heterocycles. The number of carbonyl (C=O) groups excluding carboxylic acids is 3. The highest BCUT2D eigenvalue weighted by atomic mass is 16.4. The maximum absolute atomic E-state index is 12.3. The summed E-state index contributed by atoms with van der Waals surface area (Å²) < 4.78 is 0. The molecular formula is C15H24N6O6. The van der Waals surface area contributed by atoms with Crippen molar-refractivity contribution < 1.29 is 29.4 Å². The maximum Gasteiger partial charge on any atom is 0.303 e. The van der Waals surface area contributed by atoms with Crippen molar-refractivity contribution in [3.8, 4) is 0 Å². The number of primary amides is 1. The van der Waals surface area contributed by atoms with Gasteiger partial charge in [0.05, 0.1) is 18.5 Å². The summed E-state index contributed by atoms with van der Waals surface area (Å²) in [6, 6.07) is -3.68. The molecule has 150 valence electrons. The zero-order chi connectivity index (χ0) is 20.6. The normalized spacial score (nSPS) is 15.2. The molecule has 0 spiro atoms. The lowest BCUT2D eigenvalue weighted by Crippen LogP contribution is -2.59. The molecule has 27 heavy (non-hydrogen) atoms. The number of amides is 3. The van der Waals surface area contributed by atoms with Crippen LogP contribution in [0.2, 0.25) is 0 Å². The third-order valence-corrected chi connectivity index (χ3v) is 3.70. The van der Waals surface area contributed by atoms with Crippen molar-refractivity contribution in [1.82, 2.24) is 20.6 Å². The van der Waals surface area contributed by atoms with Crippen LogP contribution in [-0.2, 0) is 25.6 Å². The molecule has 1 rings (SSSR count). The summed E-state index contributed by atoms with van der Waals surface area (Å²) in [6.07, 6.45) is 1.12. The van der Waals surface area contributed by atoms with Crippen LogP contribution in [0.15, 0.2) is 12.5 Å². The van der Waals surface area contributed by atoms with Gasteiger partial charge in [0, 0.05) is 24.7 Å². The van der Waals surface area contributed by atoms with Gasteiger partial charge in [-0.3, -0.25) is 19.2 Å². The van der Waals surface area contributed by atoms with Gasteiger partial charge in [-0.1, -0.05) is 0 Å². The summed E-state index contributed by atoms with van der Waals surface area (Å²) in [7, 11) is 0. The van der Waals surface area contributed by atoms with Crippen LogP contribution in [0.3, 0.4) is 0 Å². The van der Waals surface area contributed by atoms with Crippen LogP contribution >= 0.6 is 0 Å². The number of aliphatic carboxylic acids is 1. The Morgan fingerprint density at radius 1 is 1.26 bits per heavy atom. The molecule has 0 aliphatic heterocycles. The van der Waals surface area contributed by atoms with Crippen LogP contribution < -0.4 is 22.1 Å². The van der Waals surface area contributed by atoms with Crippen molar-refractivity contribution >= 4 is 23.7 Å². The number of aromatic amines is 1. The summed E-state index contributed by atoms with van der Waals surface area (Å²) >= 11 is 0. The summed E-state index contributed by atoms with van der Waals surface area (Å²) in [5.74, 6) is -3.69. The number of nitrogens with one attached hydrogen (secondary N) is 3. The minimum atomic E-state index is -1.41. The Morgan fingerprint density at radius 3 is 2.41 bits per heavy atom. The molecule has 0 aliphatic rings. The van der Waals surface area contributed by atoms with Crippen molar-refractivity contribution in [2.45, 2.75) is 50.4 Å². The maximum atomic E-state index is 12.3. The predicted molar refractivity (Wildman–Crippen MR) is 91.9 cm³/mol. The van der Waals surface area contributed by atoms with Gasteiger partial charge in [0.25, 0.3) is 0 Å². The van der Waals surface area contributed by atoms with Gasteiger partial charge < -0.3 is 37.3 Å². The Labute approximate surface area is 154 Å². The van der Waals surface area contributed by atoms with E-state index >= 15 is 0 Å². The van der Waals surface area contributed by atoms with Crippen molar-refractivity contribution in [2.24, 2.45) is 11.5 Å². The molecule has 12 nitrogen and oxygen atoms in total. The van der Waals surface area contributed by atoms with E-state index in [-0.39, 0.29) is 12.8 Å². The SMILES string of the molecule is C[C@H](O)[C@@H](NC(=O)[C@H](N)Cc1cnc[nH]1)C(=O)N[C@H](CCC(=O)O)C(N)=O. The largest absolute Gasteiger partial charge is 0.481 e. The molecule has 0 saturated carbocycles. The lowest BCUT2D eigenvalue weighted by Gasteiger charge is -2.24. The van der Waals surface area contributed by atoms with Gasteiger partial charge in [0.2, 0.25) is 17.7 Å². The molecule has 1 aromatic rings. The monoisotopic (exact) mass is 384 g/mol. The van der Waals surface area contributed by atoms with E-state index in [0.717, 1.165) is 0 Å². The first-order valence-corrected chi connectivity index (χ1v) is 8.14. The summed E-state index contributed by atoms with van der Waals surface area (Å²) in [5.41, 5.74) is 11.5. The first-order chi connectivity index (χ1) is 12.6. The third-order valence-electron chi connectivity index (χ3n) is 3.70. The van der Waals surface area contributed by atoms with E-state index in [0.29, 0.717) is 5.69 Å². The smallest absolute Gasteiger partial charge is 0.303 e. The van der Waals surface area contributed by atoms with Gasteiger partial charge in [0.15, 0.2) is 0 Å². The molecule has 0 aromatic carbocycles. The number of carboxylic acids is 1. The quantitative estimate of drug-likeness (QED) is 0.208. The lowest BCUT2D eigenvalue weighted by atomic mass is 10.1. The Kier molecular flexibility index (Phi) is 8.35. The van der Waals surface area contributed by atoms with E-state index in [1.165, 1.54) is 19.4 Å². The number of aliphatic hydroxyl groups is 1. The van der Waals surface area contributed by atoms with Crippen LogP contribution in [0.4, 0.5) is 0 Å². The van der Waals surface area contributed by atoms with Gasteiger partial charge >= 0.3 is 5.97 Å². The fraction of sp³-hybridized carbons (Fsp3) is 0.533. The van der Waals surface area contributed by atoms with Crippen molar-refractivity contribution in [1.29, 1.82) is 0 Å². The number of carbonyl (C=O) groups is 4. The molecule has 0 saturated heterocycles. The molecule has 3 amide bonds. The Balaban J connectivity index is 2.71. The van der Waals surface area contributed by atoms with E-state index in [9.17, 15) is 24.3 Å². The van der Waals surface area contributed by atoms with Gasteiger partial charge in [-0.25, -0.2) is 4.98 Å². The van der Waals surface area contributed by atoms with E-state index < -0.39 is 54.3 Å². The highest BCUT2D eigenvalue weighted by Gasteiger charge is 2.30. The molecule has 9 N–H and O–H groups in total. The van der Waals surface area contributed by atoms with Gasteiger partial charge in [0.1, 0.15) is 12.1 Å². The van der Waals surface area contributed by atoms with E-state index in [1.807, 2.05) is 0 Å². The minimum absolute atomic E-state index is 0.127. The van der Waals surface area contributed by atoms with E-state index in [4.69, 9.17) is 16.6 Å². The number of carboxylic acid groups (broad SMARTS) is 1. The van der Waals surface area contributed by atoms with Gasteiger partial charge in [-0.05, 0) is 13.3 Å². The predicted octanol–water partition coefficient (Wildman–Crippen LogP) is -3.02. The average molecular weight is 384 g/mol. The molecule has 0 unspecified atom stereocenters. The van der Waals surface area contributed by atoms with Crippen LogP contribution in [0.25, 0.3) is 0 Å². The van der Waals surface area contributed by atoms with E-state index in [1.54, 1.807) is 0 Å². The van der Waals surface area contributed by atoms with Crippen molar-refractivity contribution in [3.63, 3.8) is 0 Å². The van der Waals surface area contributed by atoms with Crippen molar-refractivity contribution in [3.05, 3.63) is 18.2 Å². The summed E-state index contributed by atoms with van der Waals surface area (Å²) in [5, 5.41) is 23.0. The lowest BCUT2D eigenvalue weighted by molar-refractivity contribution is -0.138. The van der Waals surface area contributed by atoms with Crippen LogP contribution in [0.5, 0.6) is 0 Å². The first-order valence-electron chi connectivity index (χ1n) is 8.14. The molecule has 0 radical (unpaired) electrons. The number of nitrogens with zero attached hydrogens (tertiary/aromatic N) is 1. The highest BCUT2D eigenvalue weighted by molar-refractivity contribution is 5.93. The molecule has 4 atom stereocenters. The Bertz CT molecular complexity index is 662. The fourth-order valence-corrected chi connectivity index (χ4v) is 2.21. The fourth-order valence-electron chi connectivity index (χ4n) is 2.21. The second-order valence-corrected chi connectivity index (χ2v) is 6.01. The highest BCUT2D eigenvalue weighted by Crippen LogP contribution is 2.02. The topological polar surface area (TPSA) is 214 Å². The summed E-state index contributed by atoms with van der Waals surface area (Å²) in [4.78, 5) is 53.1. The third kappa shape index (κ3) is 7.42. The molecule has 1 aromatic heterocycles. The number of hydrogen-bond donors (Lipinski definition) is 7. The Hall–Kier alpha value is -2.99. The number of hydrogen-bond acceptors (Lipinski definition) is 7. The number of rotatable bonds is 11. The number of aromatic nitrogens is 2. The van der Waals surface area contributed by atoms with Gasteiger partial charge in [-0.2, -0.15) is 0 Å². The van der Waals surface area contributed by atoms with Crippen LogP contribution in [0.1, 0.15) is 25.5 Å². The van der Waals surface area contributed by atoms with E-state index in [2.05, 4.69) is 20.6 Å². The molecular weight excluding hydrogens is 360 g/mol. The Morgan fingerprint density at radius 2 is 1.93 bits per heavy atom. The second-order valence-electron chi connectivity index (χ2n) is 6.01. The number of aliphatic hydroxyl groups excluding tert-OH is 1. The molecule has 12 heteroatoms. The van der Waals surface area contributed by atoms with Crippen LogP contribution in [-0.4, -0.2) is 68.1 Å². The zero-order valence-electron chi connectivity index (χ0n) is 14.7. The molecule has 0 bridgehead atoms. The first kappa shape index (κ1) is 22.1. The molecule has 0 fully saturated rings. The number of nitrogens with two attached hydrogens (primary N) is 2. The molecule has 0 aliphatic carbocycles. The van der Waals surface area contributed by atoms with Gasteiger partial charge in [-0.15, -0.1) is 0 Å². The number of H-pyrrole nitrogens is 1. The second kappa shape index (κ2) is 10.2. The van der Waals surface area contributed by atoms with Crippen molar-refractivity contribution in [2.75, 3.05) is 0 Å². The number of imidazole rings is 1. The average Bonchev–Trinajstić information content (AvgIpc) is 3.07. The standard InChI is InChI=1S/C15H24N6O6/c1-7(22)12(15(27)20-10(13(17)25)2-3-11(23)24)21-14(26)9(16)4-8-5-18-6-19-8/h5-7,9-10,12,22H,2-4,16H2,1H3,(H2,17,25)(H,18,19)(H,20,27)(H,21,26)(H,23,24)/t7-,9+,10+,12+/m0/s1. The minimum Gasteiger partial charge on any atom is -0.481 e. The summed E-state index contributed by atoms with van der Waals surface area (Å²) in [6.45, 7) is 1.27. The zero-order valence-corrected chi connectivity index (χ0v) is 14.7. The van der Waals surface area contributed by atoms with Crippen LogP contribution in [0, 0.1) is 0 Å².